The van der Waals surface area contributed by atoms with E-state index in [1.165, 1.54) is 12.8 Å². The summed E-state index contributed by atoms with van der Waals surface area (Å²) in [5, 5.41) is 9.15. The number of rotatable bonds is 4. The number of nitrogens with zero attached hydrogens (tertiary/aromatic N) is 2. The molecule has 1 aliphatic rings. The highest BCUT2D eigenvalue weighted by atomic mass is 16.2. The van der Waals surface area contributed by atoms with Crippen LogP contribution in [0.4, 0.5) is 0 Å². The first-order valence-corrected chi connectivity index (χ1v) is 5.92. The van der Waals surface area contributed by atoms with Crippen LogP contribution in [0.15, 0.2) is 30.3 Å². The largest absolute Gasteiger partial charge is 0.344 e. The number of likely N-dealkylation sites (N-methyl/N-ethyl adjacent to an activating group) is 1. The maximum atomic E-state index is 12.1. The molecule has 0 aliphatic heterocycles. The van der Waals surface area contributed by atoms with Gasteiger partial charge in [-0.1, -0.05) is 30.3 Å². The van der Waals surface area contributed by atoms with Gasteiger partial charge in [-0.15, -0.1) is 0 Å². The van der Waals surface area contributed by atoms with Crippen molar-refractivity contribution in [2.75, 3.05) is 13.6 Å². The Labute approximate surface area is 102 Å². The van der Waals surface area contributed by atoms with Crippen LogP contribution in [0.1, 0.15) is 24.3 Å². The molecule has 0 heterocycles. The van der Waals surface area contributed by atoms with Gasteiger partial charge in [0.15, 0.2) is 0 Å². The lowest BCUT2D eigenvalue weighted by atomic mass is 9.99. The van der Waals surface area contributed by atoms with Gasteiger partial charge in [-0.05, 0) is 24.3 Å². The summed E-state index contributed by atoms with van der Waals surface area (Å²) in [4.78, 5) is 13.8. The second kappa shape index (κ2) is 5.01. The van der Waals surface area contributed by atoms with Crippen LogP contribution in [0, 0.1) is 17.2 Å². The minimum absolute atomic E-state index is 0.0920. The van der Waals surface area contributed by atoms with Gasteiger partial charge >= 0.3 is 0 Å². The molecule has 2 rings (SSSR count). The average Bonchev–Trinajstić information content (AvgIpc) is 3.15. The number of amides is 1. The fourth-order valence-electron chi connectivity index (χ4n) is 1.92. The summed E-state index contributed by atoms with van der Waals surface area (Å²) in [6.45, 7) is 0.782. The number of carbonyl (C=O) groups is 1. The molecular weight excluding hydrogens is 212 g/mol. The van der Waals surface area contributed by atoms with E-state index >= 15 is 0 Å². The van der Waals surface area contributed by atoms with Crippen molar-refractivity contribution in [3.63, 3.8) is 0 Å². The first kappa shape index (κ1) is 11.7. The van der Waals surface area contributed by atoms with E-state index < -0.39 is 5.92 Å². The minimum atomic E-state index is -0.667. The van der Waals surface area contributed by atoms with Crippen molar-refractivity contribution in [3.8, 4) is 6.07 Å². The third-order valence-electron chi connectivity index (χ3n) is 3.11. The van der Waals surface area contributed by atoms with E-state index in [1.54, 1.807) is 11.9 Å². The number of hydrogen-bond acceptors (Lipinski definition) is 2. The molecule has 1 saturated carbocycles. The number of benzene rings is 1. The van der Waals surface area contributed by atoms with Crippen molar-refractivity contribution in [2.24, 2.45) is 5.92 Å². The predicted octanol–water partition coefficient (Wildman–Crippen LogP) is 2.16. The molecule has 0 saturated heterocycles. The molecule has 1 aliphatic carbocycles. The molecule has 0 aromatic heterocycles. The smallest absolute Gasteiger partial charge is 0.244 e. The Morgan fingerprint density at radius 2 is 2.12 bits per heavy atom. The van der Waals surface area contributed by atoms with Crippen molar-refractivity contribution in [1.29, 1.82) is 5.26 Å². The molecule has 3 nitrogen and oxygen atoms in total. The van der Waals surface area contributed by atoms with Gasteiger partial charge in [-0.25, -0.2) is 0 Å². The third kappa shape index (κ3) is 2.85. The van der Waals surface area contributed by atoms with Gasteiger partial charge in [0.25, 0.3) is 0 Å². The fraction of sp³-hybridized carbons (Fsp3) is 0.429. The summed E-state index contributed by atoms with van der Waals surface area (Å²) in [5.41, 5.74) is 0.780. The number of nitriles is 1. The van der Waals surface area contributed by atoms with Crippen LogP contribution in [-0.2, 0) is 4.79 Å². The van der Waals surface area contributed by atoms with Gasteiger partial charge in [-0.3, -0.25) is 4.79 Å². The molecule has 88 valence electrons. The fourth-order valence-corrected chi connectivity index (χ4v) is 1.92. The maximum Gasteiger partial charge on any atom is 0.244 e. The highest BCUT2D eigenvalue weighted by molar-refractivity contribution is 5.86. The lowest BCUT2D eigenvalue weighted by Gasteiger charge is -2.20. The zero-order valence-electron chi connectivity index (χ0n) is 9.97. The predicted molar refractivity (Wildman–Crippen MR) is 65.2 cm³/mol. The average molecular weight is 228 g/mol. The zero-order chi connectivity index (χ0) is 12.3. The van der Waals surface area contributed by atoms with Crippen molar-refractivity contribution >= 4 is 5.91 Å². The molecule has 1 fully saturated rings. The SMILES string of the molecule is CN(CC1CC1)C(=O)C(C#N)c1ccccc1. The summed E-state index contributed by atoms with van der Waals surface area (Å²) in [6, 6.07) is 11.4. The van der Waals surface area contributed by atoms with Crippen molar-refractivity contribution < 1.29 is 4.79 Å². The van der Waals surface area contributed by atoms with E-state index in [2.05, 4.69) is 6.07 Å². The summed E-state index contributed by atoms with van der Waals surface area (Å²) in [5.74, 6) is -0.107. The Bertz CT molecular complexity index is 431. The first-order chi connectivity index (χ1) is 8.22. The van der Waals surface area contributed by atoms with E-state index in [0.717, 1.165) is 12.1 Å². The summed E-state index contributed by atoms with van der Waals surface area (Å²) >= 11 is 0. The van der Waals surface area contributed by atoms with Crippen LogP contribution in [0.2, 0.25) is 0 Å². The van der Waals surface area contributed by atoms with Gasteiger partial charge in [0, 0.05) is 13.6 Å². The molecular formula is C14H16N2O. The standard InChI is InChI=1S/C14H16N2O/c1-16(10-11-7-8-11)14(17)13(9-15)12-5-3-2-4-6-12/h2-6,11,13H,7-8,10H2,1H3. The molecule has 17 heavy (non-hydrogen) atoms. The van der Waals surface area contributed by atoms with Crippen molar-refractivity contribution in [2.45, 2.75) is 18.8 Å². The maximum absolute atomic E-state index is 12.1. The molecule has 0 radical (unpaired) electrons. The molecule has 3 heteroatoms. The monoisotopic (exact) mass is 228 g/mol. The highest BCUT2D eigenvalue weighted by Gasteiger charge is 2.28. The van der Waals surface area contributed by atoms with Crippen LogP contribution in [0.3, 0.4) is 0 Å². The van der Waals surface area contributed by atoms with Crippen molar-refractivity contribution in [1.82, 2.24) is 4.90 Å². The Morgan fingerprint density at radius 1 is 1.47 bits per heavy atom. The van der Waals surface area contributed by atoms with Gasteiger partial charge in [0.1, 0.15) is 5.92 Å². The Kier molecular flexibility index (Phi) is 3.43. The molecule has 0 spiro atoms. The van der Waals surface area contributed by atoms with Crippen LogP contribution >= 0.6 is 0 Å². The van der Waals surface area contributed by atoms with E-state index in [4.69, 9.17) is 5.26 Å². The van der Waals surface area contributed by atoms with Crippen LogP contribution in [0.25, 0.3) is 0 Å². The molecule has 0 bridgehead atoms. The highest BCUT2D eigenvalue weighted by Crippen LogP contribution is 2.30. The lowest BCUT2D eigenvalue weighted by Crippen LogP contribution is -2.32. The minimum Gasteiger partial charge on any atom is -0.344 e. The summed E-state index contributed by atoms with van der Waals surface area (Å²) in [7, 11) is 1.79. The topological polar surface area (TPSA) is 44.1 Å². The second-order valence-electron chi connectivity index (χ2n) is 4.63. The first-order valence-electron chi connectivity index (χ1n) is 5.92. The van der Waals surface area contributed by atoms with Gasteiger partial charge in [-0.2, -0.15) is 5.26 Å². The molecule has 1 atom stereocenters. The van der Waals surface area contributed by atoms with Gasteiger partial charge < -0.3 is 4.90 Å². The summed E-state index contributed by atoms with van der Waals surface area (Å²) in [6.07, 6.45) is 2.42. The summed E-state index contributed by atoms with van der Waals surface area (Å²) < 4.78 is 0. The molecule has 1 aromatic carbocycles. The van der Waals surface area contributed by atoms with Crippen LogP contribution < -0.4 is 0 Å². The molecule has 1 unspecified atom stereocenters. The lowest BCUT2D eigenvalue weighted by molar-refractivity contribution is -0.130. The number of hydrogen-bond donors (Lipinski definition) is 0. The van der Waals surface area contributed by atoms with E-state index in [1.807, 2.05) is 30.3 Å². The Hall–Kier alpha value is -1.82. The molecule has 0 N–H and O–H groups in total. The van der Waals surface area contributed by atoms with E-state index in [0.29, 0.717) is 5.92 Å². The second-order valence-corrected chi connectivity index (χ2v) is 4.63. The van der Waals surface area contributed by atoms with Gasteiger partial charge in [0.05, 0.1) is 6.07 Å². The Morgan fingerprint density at radius 3 is 2.65 bits per heavy atom. The van der Waals surface area contributed by atoms with Gasteiger partial charge in [0.2, 0.25) is 5.91 Å². The number of carbonyl (C=O) groups excluding carboxylic acids is 1. The normalized spacial score (nSPS) is 16.0. The zero-order valence-corrected chi connectivity index (χ0v) is 9.97. The molecule has 1 aromatic rings. The quantitative estimate of drug-likeness (QED) is 0.792. The molecule has 1 amide bonds. The van der Waals surface area contributed by atoms with Crippen molar-refractivity contribution in [3.05, 3.63) is 35.9 Å². The van der Waals surface area contributed by atoms with Crippen LogP contribution in [-0.4, -0.2) is 24.4 Å². The van der Waals surface area contributed by atoms with E-state index in [9.17, 15) is 4.79 Å². The van der Waals surface area contributed by atoms with Crippen LogP contribution in [0.5, 0.6) is 0 Å². The third-order valence-corrected chi connectivity index (χ3v) is 3.11. The Balaban J connectivity index is 2.07. The van der Waals surface area contributed by atoms with E-state index in [-0.39, 0.29) is 5.91 Å².